The van der Waals surface area contributed by atoms with Crippen molar-refractivity contribution in [2.45, 2.75) is 6.42 Å². The molecule has 29 heavy (non-hydrogen) atoms. The molecule has 2 atom stereocenters. The number of carbonyl (C=O) groups excluding carboxylic acids is 2. The van der Waals surface area contributed by atoms with Crippen molar-refractivity contribution >= 4 is 56.1 Å². The molecule has 8 nitrogen and oxygen atoms in total. The molecule has 2 aromatic carbocycles. The van der Waals surface area contributed by atoms with Crippen molar-refractivity contribution in [3.63, 3.8) is 0 Å². The van der Waals surface area contributed by atoms with E-state index in [4.69, 9.17) is 0 Å². The molecule has 0 bridgehead atoms. The van der Waals surface area contributed by atoms with Crippen molar-refractivity contribution in [2.75, 3.05) is 0 Å². The van der Waals surface area contributed by atoms with E-state index in [0.717, 1.165) is 0 Å². The number of nitrogens with one attached hydrogen (secondary N) is 2. The monoisotopic (exact) mass is 522 g/mol. The highest BCUT2D eigenvalue weighted by molar-refractivity contribution is 9.10. The average Bonchev–Trinajstić information content (AvgIpc) is 3.48. The molecule has 1 aliphatic rings. The highest BCUT2D eigenvalue weighted by atomic mass is 79.9. The Bertz CT molecular complexity index is 930. The summed E-state index contributed by atoms with van der Waals surface area (Å²) in [5.41, 5.74) is 6.20. The molecule has 3 rings (SSSR count). The first kappa shape index (κ1) is 21.0. The summed E-state index contributed by atoms with van der Waals surface area (Å²) in [7, 11) is 0. The molecule has 0 radical (unpaired) electrons. The Hall–Kier alpha value is -2.72. The van der Waals surface area contributed by atoms with Gasteiger partial charge < -0.3 is 10.2 Å². The number of hydrogen-bond acceptors (Lipinski definition) is 6. The predicted molar refractivity (Wildman–Crippen MR) is 115 cm³/mol. The molecular weight excluding hydrogens is 508 g/mol. The topological polar surface area (TPSA) is 123 Å². The Balaban J connectivity index is 1.45. The number of aromatic hydroxyl groups is 2. The Morgan fingerprint density at radius 1 is 0.862 bits per heavy atom. The van der Waals surface area contributed by atoms with E-state index in [0.29, 0.717) is 26.5 Å². The summed E-state index contributed by atoms with van der Waals surface area (Å²) in [4.78, 5) is 24.1. The Labute approximate surface area is 183 Å². The minimum Gasteiger partial charge on any atom is -0.507 e. The van der Waals surface area contributed by atoms with Gasteiger partial charge in [0.05, 0.1) is 33.2 Å². The van der Waals surface area contributed by atoms with E-state index in [1.54, 1.807) is 24.3 Å². The third kappa shape index (κ3) is 5.64. The van der Waals surface area contributed by atoms with Gasteiger partial charge >= 0.3 is 0 Å². The van der Waals surface area contributed by atoms with Crippen molar-refractivity contribution in [2.24, 2.45) is 22.0 Å². The van der Waals surface area contributed by atoms with Gasteiger partial charge in [-0.05, 0) is 85.8 Å². The summed E-state index contributed by atoms with van der Waals surface area (Å²) in [6.45, 7) is 0. The fraction of sp³-hybridized carbons (Fsp3) is 0.158. The second-order valence-electron chi connectivity index (χ2n) is 6.34. The number of hydrogen-bond donors (Lipinski definition) is 4. The zero-order valence-electron chi connectivity index (χ0n) is 14.8. The van der Waals surface area contributed by atoms with E-state index < -0.39 is 11.8 Å². The molecule has 0 aromatic heterocycles. The lowest BCUT2D eigenvalue weighted by Crippen LogP contribution is -2.25. The molecule has 0 heterocycles. The van der Waals surface area contributed by atoms with Gasteiger partial charge in [-0.25, -0.2) is 10.9 Å². The van der Waals surface area contributed by atoms with Crippen molar-refractivity contribution in [3.05, 3.63) is 56.5 Å². The van der Waals surface area contributed by atoms with Crippen LogP contribution in [0.1, 0.15) is 17.5 Å². The lowest BCUT2D eigenvalue weighted by molar-refractivity contribution is -0.127. The molecule has 0 spiro atoms. The maximum Gasteiger partial charge on any atom is 0.244 e. The molecule has 0 aliphatic heterocycles. The summed E-state index contributed by atoms with van der Waals surface area (Å²) >= 11 is 6.40. The Kier molecular flexibility index (Phi) is 6.65. The number of benzene rings is 2. The first-order valence-electron chi connectivity index (χ1n) is 8.48. The maximum absolute atomic E-state index is 12.1. The molecule has 1 aliphatic carbocycles. The third-order valence-corrected chi connectivity index (χ3v) is 5.45. The normalized spacial score (nSPS) is 18.1. The SMILES string of the molecule is O=C(NN=Cc1ccc(O)c(Br)c1)C1CC1C(=O)NN=Cc1ccc(O)c(Br)c1. The first-order chi connectivity index (χ1) is 13.8. The van der Waals surface area contributed by atoms with Gasteiger partial charge in [-0.15, -0.1) is 0 Å². The highest BCUT2D eigenvalue weighted by Gasteiger charge is 2.48. The zero-order chi connectivity index (χ0) is 21.0. The number of phenolic OH excluding ortho intramolecular Hbond substituents is 2. The van der Waals surface area contributed by atoms with Crippen LogP contribution in [0, 0.1) is 11.8 Å². The summed E-state index contributed by atoms with van der Waals surface area (Å²) in [5, 5.41) is 26.6. The van der Waals surface area contributed by atoms with Crippen molar-refractivity contribution < 1.29 is 19.8 Å². The molecule has 1 fully saturated rings. The van der Waals surface area contributed by atoms with E-state index in [1.165, 1.54) is 24.6 Å². The second-order valence-corrected chi connectivity index (χ2v) is 8.05. The maximum atomic E-state index is 12.1. The largest absolute Gasteiger partial charge is 0.507 e. The van der Waals surface area contributed by atoms with Crippen molar-refractivity contribution in [1.29, 1.82) is 0 Å². The standard InChI is InChI=1S/C19H16Br2N4O4/c20-14-5-10(1-3-16(14)26)8-22-24-18(28)12-7-13(12)19(29)25-23-9-11-2-4-17(27)15(21)6-11/h1-6,8-9,12-13,26-27H,7H2,(H,24,28)(H,25,29). The van der Waals surface area contributed by atoms with Gasteiger partial charge in [0.25, 0.3) is 0 Å². The van der Waals surface area contributed by atoms with Crippen LogP contribution >= 0.6 is 31.9 Å². The van der Waals surface area contributed by atoms with Gasteiger partial charge in [0.15, 0.2) is 0 Å². The number of nitrogens with zero attached hydrogens (tertiary/aromatic N) is 2. The van der Waals surface area contributed by atoms with Crippen LogP contribution in [0.5, 0.6) is 11.5 Å². The predicted octanol–water partition coefficient (Wildman–Crippen LogP) is 2.86. The summed E-state index contributed by atoms with van der Waals surface area (Å²) in [6.07, 6.45) is 3.32. The van der Waals surface area contributed by atoms with E-state index in [9.17, 15) is 19.8 Å². The molecule has 2 amide bonds. The van der Waals surface area contributed by atoms with E-state index >= 15 is 0 Å². The number of hydrazone groups is 2. The van der Waals surface area contributed by atoms with Gasteiger partial charge in [-0.3, -0.25) is 9.59 Å². The van der Waals surface area contributed by atoms with Crippen LogP contribution in [0.25, 0.3) is 0 Å². The lowest BCUT2D eigenvalue weighted by Gasteiger charge is -2.01. The van der Waals surface area contributed by atoms with Gasteiger partial charge in [0, 0.05) is 0 Å². The van der Waals surface area contributed by atoms with Crippen LogP contribution in [-0.2, 0) is 9.59 Å². The summed E-state index contributed by atoms with van der Waals surface area (Å²) in [6, 6.07) is 9.62. The molecule has 4 N–H and O–H groups in total. The van der Waals surface area contributed by atoms with E-state index in [-0.39, 0.29) is 23.3 Å². The molecule has 150 valence electrons. The lowest BCUT2D eigenvalue weighted by atomic mass is 10.2. The van der Waals surface area contributed by atoms with Crippen molar-refractivity contribution in [3.8, 4) is 11.5 Å². The van der Waals surface area contributed by atoms with Crippen LogP contribution in [0.15, 0.2) is 55.5 Å². The van der Waals surface area contributed by atoms with Gasteiger partial charge in [-0.2, -0.15) is 10.2 Å². The quantitative estimate of drug-likeness (QED) is 0.343. The van der Waals surface area contributed by atoms with Gasteiger partial charge in [0.2, 0.25) is 11.8 Å². The molecular formula is C19H16Br2N4O4. The second kappa shape index (κ2) is 9.19. The van der Waals surface area contributed by atoms with E-state index in [2.05, 4.69) is 52.9 Å². The van der Waals surface area contributed by atoms with Crippen LogP contribution in [0.3, 0.4) is 0 Å². The molecule has 10 heteroatoms. The van der Waals surface area contributed by atoms with Gasteiger partial charge in [0.1, 0.15) is 11.5 Å². The van der Waals surface area contributed by atoms with Gasteiger partial charge in [-0.1, -0.05) is 0 Å². The third-order valence-electron chi connectivity index (χ3n) is 4.18. The fourth-order valence-corrected chi connectivity index (χ4v) is 3.28. The van der Waals surface area contributed by atoms with Crippen molar-refractivity contribution in [1.82, 2.24) is 10.9 Å². The molecule has 0 saturated heterocycles. The number of carbonyl (C=O) groups is 2. The highest BCUT2D eigenvalue weighted by Crippen LogP contribution is 2.38. The molecule has 2 aromatic rings. The number of phenols is 2. The number of rotatable bonds is 6. The van der Waals surface area contributed by atoms with Crippen LogP contribution < -0.4 is 10.9 Å². The number of halogens is 2. The minimum atomic E-state index is -0.447. The summed E-state index contributed by atoms with van der Waals surface area (Å²) < 4.78 is 1.04. The molecule has 1 saturated carbocycles. The van der Waals surface area contributed by atoms with Crippen LogP contribution in [0.2, 0.25) is 0 Å². The van der Waals surface area contributed by atoms with Crippen LogP contribution in [-0.4, -0.2) is 34.5 Å². The Morgan fingerprint density at radius 2 is 1.28 bits per heavy atom. The zero-order valence-corrected chi connectivity index (χ0v) is 18.0. The number of amides is 2. The first-order valence-corrected chi connectivity index (χ1v) is 10.1. The van der Waals surface area contributed by atoms with E-state index in [1.807, 2.05) is 0 Å². The Morgan fingerprint density at radius 3 is 1.66 bits per heavy atom. The average molecular weight is 524 g/mol. The fourth-order valence-electron chi connectivity index (χ4n) is 2.49. The van der Waals surface area contributed by atoms with Crippen LogP contribution in [0.4, 0.5) is 0 Å². The summed E-state index contributed by atoms with van der Waals surface area (Å²) in [5.74, 6) is -1.36. The smallest absolute Gasteiger partial charge is 0.244 e. The minimum absolute atomic E-state index is 0.110. The molecule has 2 unspecified atom stereocenters.